The van der Waals surface area contributed by atoms with Crippen LogP contribution >= 0.6 is 0 Å². The topological polar surface area (TPSA) is 15.6 Å². The summed E-state index contributed by atoms with van der Waals surface area (Å²) in [6, 6.07) is 12.9. The predicted molar refractivity (Wildman–Crippen MR) is 69.4 cm³/mol. The van der Waals surface area contributed by atoms with Crippen molar-refractivity contribution in [3.8, 4) is 0 Å². The molecule has 0 saturated heterocycles. The van der Waals surface area contributed by atoms with Gasteiger partial charge in [-0.2, -0.15) is 0 Å². The highest BCUT2D eigenvalue weighted by atomic mass is 15.2. The van der Waals surface area contributed by atoms with Gasteiger partial charge < -0.3 is 4.90 Å². The van der Waals surface area contributed by atoms with E-state index >= 15 is 0 Å². The van der Waals surface area contributed by atoms with E-state index in [9.17, 15) is 0 Å². The van der Waals surface area contributed by atoms with E-state index in [1.807, 2.05) is 6.21 Å². The van der Waals surface area contributed by atoms with Gasteiger partial charge in [-0.1, -0.05) is 36.4 Å². The summed E-state index contributed by atoms with van der Waals surface area (Å²) in [5.41, 5.74) is 2.56. The van der Waals surface area contributed by atoms with Crippen LogP contribution in [-0.2, 0) is 0 Å². The van der Waals surface area contributed by atoms with E-state index < -0.39 is 0 Å². The lowest BCUT2D eigenvalue weighted by Gasteiger charge is -2.27. The molecule has 0 amide bonds. The van der Waals surface area contributed by atoms with Crippen LogP contribution in [0.5, 0.6) is 0 Å². The van der Waals surface area contributed by atoms with Crippen molar-refractivity contribution in [2.75, 3.05) is 18.1 Å². The molecule has 1 aliphatic rings. The van der Waals surface area contributed by atoms with Crippen LogP contribution in [0.15, 0.2) is 41.4 Å². The van der Waals surface area contributed by atoms with Gasteiger partial charge in [0.2, 0.25) is 0 Å². The molecule has 0 aromatic heterocycles. The van der Waals surface area contributed by atoms with E-state index in [1.165, 1.54) is 22.0 Å². The van der Waals surface area contributed by atoms with Crippen molar-refractivity contribution < 1.29 is 0 Å². The SMILES string of the molecule is CCN1CN=Cc2ccc3ccccc3c21. The lowest BCUT2D eigenvalue weighted by molar-refractivity contribution is 0.841. The lowest BCUT2D eigenvalue weighted by atomic mass is 10.0. The lowest BCUT2D eigenvalue weighted by Crippen LogP contribution is -2.26. The maximum Gasteiger partial charge on any atom is 0.110 e. The summed E-state index contributed by atoms with van der Waals surface area (Å²) in [7, 11) is 0. The van der Waals surface area contributed by atoms with Gasteiger partial charge in [-0.3, -0.25) is 4.99 Å². The maximum absolute atomic E-state index is 4.38. The number of rotatable bonds is 1. The highest BCUT2D eigenvalue weighted by Gasteiger charge is 2.14. The van der Waals surface area contributed by atoms with Crippen molar-refractivity contribution in [1.82, 2.24) is 0 Å². The van der Waals surface area contributed by atoms with Gasteiger partial charge in [-0.25, -0.2) is 0 Å². The monoisotopic (exact) mass is 210 g/mol. The van der Waals surface area contributed by atoms with E-state index in [0.29, 0.717) is 0 Å². The Morgan fingerprint density at radius 2 is 2.06 bits per heavy atom. The fourth-order valence-corrected chi connectivity index (χ4v) is 2.30. The van der Waals surface area contributed by atoms with Crippen molar-refractivity contribution in [2.24, 2.45) is 4.99 Å². The van der Waals surface area contributed by atoms with E-state index in [4.69, 9.17) is 0 Å². The van der Waals surface area contributed by atoms with Crippen molar-refractivity contribution in [1.29, 1.82) is 0 Å². The molecule has 0 unspecified atom stereocenters. The summed E-state index contributed by atoms with van der Waals surface area (Å²) in [6.45, 7) is 3.95. The molecule has 1 aliphatic heterocycles. The Morgan fingerprint density at radius 3 is 2.94 bits per heavy atom. The van der Waals surface area contributed by atoms with E-state index in [1.54, 1.807) is 0 Å². The molecule has 2 aromatic carbocycles. The number of hydrogen-bond donors (Lipinski definition) is 0. The van der Waals surface area contributed by atoms with Crippen LogP contribution in [0.2, 0.25) is 0 Å². The average molecular weight is 210 g/mol. The zero-order valence-corrected chi connectivity index (χ0v) is 9.35. The third-order valence-electron chi connectivity index (χ3n) is 3.11. The van der Waals surface area contributed by atoms with E-state index in [0.717, 1.165) is 13.2 Å². The Kier molecular flexibility index (Phi) is 2.13. The predicted octanol–water partition coefficient (Wildman–Crippen LogP) is 3.06. The summed E-state index contributed by atoms with van der Waals surface area (Å²) in [5, 5.41) is 2.63. The minimum Gasteiger partial charge on any atom is -0.351 e. The minimum absolute atomic E-state index is 0.775. The van der Waals surface area contributed by atoms with Gasteiger partial charge in [-0.15, -0.1) is 0 Å². The van der Waals surface area contributed by atoms with Crippen LogP contribution in [0.25, 0.3) is 10.8 Å². The highest BCUT2D eigenvalue weighted by Crippen LogP contribution is 2.31. The quantitative estimate of drug-likeness (QED) is 0.706. The maximum atomic E-state index is 4.38. The molecular weight excluding hydrogens is 196 g/mol. The molecule has 0 spiro atoms. The normalized spacial score (nSPS) is 14.2. The molecule has 2 heteroatoms. The second kappa shape index (κ2) is 3.63. The standard InChI is InChI=1S/C14H14N2/c1-2-16-10-15-9-12-8-7-11-5-3-4-6-13(11)14(12)16/h3-9H,2,10H2,1H3. The van der Waals surface area contributed by atoms with Gasteiger partial charge in [-0.05, 0) is 12.3 Å². The van der Waals surface area contributed by atoms with Gasteiger partial charge in [0.15, 0.2) is 0 Å². The van der Waals surface area contributed by atoms with Gasteiger partial charge in [0.1, 0.15) is 6.67 Å². The third kappa shape index (κ3) is 1.30. The summed E-state index contributed by atoms with van der Waals surface area (Å²) < 4.78 is 0. The number of nitrogens with zero attached hydrogens (tertiary/aromatic N) is 2. The molecule has 16 heavy (non-hydrogen) atoms. The van der Waals surface area contributed by atoms with Gasteiger partial charge in [0.25, 0.3) is 0 Å². The molecule has 0 saturated carbocycles. The molecule has 2 aromatic rings. The van der Waals surface area contributed by atoms with E-state index in [-0.39, 0.29) is 0 Å². The largest absolute Gasteiger partial charge is 0.351 e. The molecule has 3 rings (SSSR count). The van der Waals surface area contributed by atoms with Crippen molar-refractivity contribution in [3.05, 3.63) is 42.0 Å². The average Bonchev–Trinajstić information content (AvgIpc) is 2.37. The summed E-state index contributed by atoms with van der Waals surface area (Å²) in [4.78, 5) is 6.70. The molecule has 1 heterocycles. The molecular formula is C14H14N2. The van der Waals surface area contributed by atoms with Crippen molar-refractivity contribution in [2.45, 2.75) is 6.92 Å². The number of fused-ring (bicyclic) bond motifs is 3. The highest BCUT2D eigenvalue weighted by molar-refractivity contribution is 6.04. The number of aliphatic imine (C=N–C) groups is 1. The van der Waals surface area contributed by atoms with E-state index in [2.05, 4.69) is 53.2 Å². The van der Waals surface area contributed by atoms with Crippen LogP contribution in [-0.4, -0.2) is 19.4 Å². The smallest absolute Gasteiger partial charge is 0.110 e. The number of anilines is 1. The zero-order chi connectivity index (χ0) is 11.0. The Balaban J connectivity index is 2.35. The summed E-state index contributed by atoms with van der Waals surface area (Å²) in [5.74, 6) is 0. The Hall–Kier alpha value is -1.83. The second-order valence-electron chi connectivity index (χ2n) is 4.03. The molecule has 80 valence electrons. The molecule has 0 radical (unpaired) electrons. The number of benzene rings is 2. The fourth-order valence-electron chi connectivity index (χ4n) is 2.30. The fraction of sp³-hybridized carbons (Fsp3) is 0.214. The molecule has 0 N–H and O–H groups in total. The minimum atomic E-state index is 0.775. The molecule has 0 fully saturated rings. The first-order valence-electron chi connectivity index (χ1n) is 5.66. The van der Waals surface area contributed by atoms with Crippen molar-refractivity contribution >= 4 is 22.7 Å². The van der Waals surface area contributed by atoms with Gasteiger partial charge in [0.05, 0.1) is 5.69 Å². The van der Waals surface area contributed by atoms with Crippen molar-refractivity contribution in [3.63, 3.8) is 0 Å². The van der Waals surface area contributed by atoms with Gasteiger partial charge >= 0.3 is 0 Å². The van der Waals surface area contributed by atoms with Crippen LogP contribution in [0.4, 0.5) is 5.69 Å². The first-order chi connectivity index (χ1) is 7.90. The molecule has 2 nitrogen and oxygen atoms in total. The van der Waals surface area contributed by atoms with Crippen LogP contribution in [0.1, 0.15) is 12.5 Å². The zero-order valence-electron chi connectivity index (χ0n) is 9.35. The van der Waals surface area contributed by atoms with Crippen LogP contribution < -0.4 is 4.90 Å². The van der Waals surface area contributed by atoms with Gasteiger partial charge in [0, 0.05) is 23.7 Å². The Morgan fingerprint density at radius 1 is 1.19 bits per heavy atom. The Labute approximate surface area is 95.2 Å². The molecule has 0 bridgehead atoms. The summed E-state index contributed by atoms with van der Waals surface area (Å²) in [6.07, 6.45) is 1.98. The van der Waals surface area contributed by atoms with Crippen LogP contribution in [0, 0.1) is 0 Å². The Bertz CT molecular complexity index is 558. The first kappa shape index (κ1) is 9.40. The second-order valence-corrected chi connectivity index (χ2v) is 4.03. The number of hydrogen-bond acceptors (Lipinski definition) is 2. The third-order valence-corrected chi connectivity index (χ3v) is 3.11. The molecule has 0 atom stereocenters. The summed E-state index contributed by atoms with van der Waals surface area (Å²) >= 11 is 0. The first-order valence-corrected chi connectivity index (χ1v) is 5.66. The molecule has 0 aliphatic carbocycles. The van der Waals surface area contributed by atoms with Crippen LogP contribution in [0.3, 0.4) is 0 Å².